The number of amides is 1. The second kappa shape index (κ2) is 5.11. The van der Waals surface area contributed by atoms with Gasteiger partial charge in [-0.3, -0.25) is 4.79 Å². The van der Waals surface area contributed by atoms with E-state index in [4.69, 9.17) is 22.6 Å². The lowest BCUT2D eigenvalue weighted by molar-refractivity contribution is -0.263. The van der Waals surface area contributed by atoms with E-state index >= 15 is 0 Å². The van der Waals surface area contributed by atoms with Crippen molar-refractivity contribution < 1.29 is 27.8 Å². The average molecular weight is 329 g/mol. The number of ether oxygens (including phenoxy) is 1. The van der Waals surface area contributed by atoms with E-state index in [0.29, 0.717) is 0 Å². The Labute approximate surface area is 129 Å². The molecule has 6 nitrogen and oxygen atoms in total. The molecule has 5 N–H and O–H groups in total. The molecule has 2 rings (SSSR count). The maximum absolute atomic E-state index is 13.2. The first-order chi connectivity index (χ1) is 10.5. The third kappa shape index (κ3) is 2.31. The van der Waals surface area contributed by atoms with Gasteiger partial charge in [-0.15, -0.1) is 6.42 Å². The summed E-state index contributed by atoms with van der Waals surface area (Å²) in [6.07, 6.45) is 0.162. The molecule has 0 spiro atoms. The summed E-state index contributed by atoms with van der Waals surface area (Å²) in [4.78, 5) is 15.3. The normalized spacial score (nSPS) is 22.7. The molecule has 1 amide bonds. The Morgan fingerprint density at radius 1 is 1.61 bits per heavy atom. The minimum absolute atomic E-state index is 0.000837. The van der Waals surface area contributed by atoms with Gasteiger partial charge in [0.25, 0.3) is 0 Å². The van der Waals surface area contributed by atoms with Gasteiger partial charge in [-0.1, -0.05) is 0 Å². The first kappa shape index (κ1) is 17.1. The fourth-order valence-electron chi connectivity index (χ4n) is 2.26. The first-order valence-electron chi connectivity index (χ1n) is 6.45. The van der Waals surface area contributed by atoms with Crippen molar-refractivity contribution in [2.45, 2.75) is 24.1 Å². The number of primary amides is 1. The minimum Gasteiger partial charge on any atom is -0.489 e. The molecule has 1 aliphatic rings. The van der Waals surface area contributed by atoms with Gasteiger partial charge in [0.2, 0.25) is 11.5 Å². The quantitative estimate of drug-likeness (QED) is 0.671. The molecule has 0 unspecified atom stereocenters. The van der Waals surface area contributed by atoms with Gasteiger partial charge in [0.15, 0.2) is 11.4 Å². The second-order valence-electron chi connectivity index (χ2n) is 5.42. The molecule has 9 heteroatoms. The van der Waals surface area contributed by atoms with Crippen LogP contribution in [0.25, 0.3) is 0 Å². The Hall–Kier alpha value is -2.31. The predicted octanol–water partition coefficient (Wildman–Crippen LogP) is -0.0931. The Balaban J connectivity index is 2.77. The van der Waals surface area contributed by atoms with Crippen molar-refractivity contribution in [2.24, 2.45) is 11.5 Å². The zero-order valence-electron chi connectivity index (χ0n) is 12.1. The minimum atomic E-state index is -5.09. The van der Waals surface area contributed by atoms with E-state index in [9.17, 15) is 23.1 Å². The van der Waals surface area contributed by atoms with Crippen LogP contribution < -0.4 is 16.2 Å². The van der Waals surface area contributed by atoms with Crippen molar-refractivity contribution in [3.8, 4) is 18.1 Å². The summed E-state index contributed by atoms with van der Waals surface area (Å²) in [7, 11) is 0. The number of nitrogens with zero attached hydrogens (tertiary/aromatic N) is 1. The van der Waals surface area contributed by atoms with E-state index in [1.807, 2.05) is 0 Å². The molecule has 0 radical (unpaired) electrons. The Morgan fingerprint density at radius 2 is 2.22 bits per heavy atom. The molecule has 0 aromatic carbocycles. The largest absolute Gasteiger partial charge is 0.489 e. The van der Waals surface area contributed by atoms with Crippen LogP contribution in [0.1, 0.15) is 23.9 Å². The number of carbonyl (C=O) groups is 1. The van der Waals surface area contributed by atoms with Gasteiger partial charge in [0.1, 0.15) is 12.0 Å². The lowest BCUT2D eigenvalue weighted by Crippen LogP contribution is -2.49. The molecule has 1 aromatic heterocycles. The van der Waals surface area contributed by atoms with Crippen LogP contribution in [-0.2, 0) is 15.8 Å². The van der Waals surface area contributed by atoms with E-state index in [2.05, 4.69) is 10.9 Å². The summed E-state index contributed by atoms with van der Waals surface area (Å²) >= 11 is 0. The number of alkyl halides is 3. The van der Waals surface area contributed by atoms with Crippen LogP contribution in [0.2, 0.25) is 0 Å². The van der Waals surface area contributed by atoms with E-state index in [0.717, 1.165) is 6.07 Å². The second-order valence-corrected chi connectivity index (χ2v) is 5.42. The van der Waals surface area contributed by atoms with E-state index < -0.39 is 35.3 Å². The number of pyridine rings is 1. The van der Waals surface area contributed by atoms with Gasteiger partial charge in [0.05, 0.1) is 5.69 Å². The maximum Gasteiger partial charge on any atom is 0.424 e. The number of carbonyl (C=O) groups excluding carboxylic acids is 1. The summed E-state index contributed by atoms with van der Waals surface area (Å²) in [6, 6.07) is 0.911. The number of aliphatic hydroxyl groups is 1. The molecule has 0 aliphatic carbocycles. The third-order valence-electron chi connectivity index (χ3n) is 3.94. The van der Waals surface area contributed by atoms with E-state index in [1.54, 1.807) is 0 Å². The number of hydrogen-bond acceptors (Lipinski definition) is 5. The van der Waals surface area contributed by atoms with Gasteiger partial charge in [-0.2, -0.15) is 13.2 Å². The lowest BCUT2D eigenvalue weighted by Gasteiger charge is -2.29. The summed E-state index contributed by atoms with van der Waals surface area (Å²) < 4.78 is 44.8. The number of fused-ring (bicyclic) bond motifs is 1. The zero-order valence-corrected chi connectivity index (χ0v) is 12.1. The Kier molecular flexibility index (Phi) is 3.79. The summed E-state index contributed by atoms with van der Waals surface area (Å²) in [6.45, 7) is 0.0469. The number of terminal acetylenes is 1. The van der Waals surface area contributed by atoms with Gasteiger partial charge < -0.3 is 21.3 Å². The van der Waals surface area contributed by atoms with Gasteiger partial charge in [0, 0.05) is 12.1 Å². The van der Waals surface area contributed by atoms with Gasteiger partial charge >= 0.3 is 6.18 Å². The van der Waals surface area contributed by atoms with Gasteiger partial charge in [-0.05, 0) is 18.9 Å². The topological polar surface area (TPSA) is 111 Å². The summed E-state index contributed by atoms with van der Waals surface area (Å²) in [5.41, 5.74) is 4.59. The highest BCUT2D eigenvalue weighted by atomic mass is 19.4. The van der Waals surface area contributed by atoms with Crippen LogP contribution in [0.4, 0.5) is 13.2 Å². The van der Waals surface area contributed by atoms with Crippen molar-refractivity contribution in [1.82, 2.24) is 4.98 Å². The Bertz CT molecular complexity index is 714. The number of halogens is 3. The average Bonchev–Trinajstić information content (AvgIpc) is 2.83. The van der Waals surface area contributed by atoms with Crippen molar-refractivity contribution >= 4 is 5.91 Å². The smallest absolute Gasteiger partial charge is 0.424 e. The molecule has 2 atom stereocenters. The predicted molar refractivity (Wildman–Crippen MR) is 73.2 cm³/mol. The van der Waals surface area contributed by atoms with E-state index in [1.165, 1.54) is 6.92 Å². The number of rotatable bonds is 3. The van der Waals surface area contributed by atoms with Crippen molar-refractivity contribution in [2.75, 3.05) is 13.2 Å². The lowest BCUT2D eigenvalue weighted by atomic mass is 9.82. The number of aromatic nitrogens is 1. The van der Waals surface area contributed by atoms with Crippen LogP contribution in [-0.4, -0.2) is 35.3 Å². The van der Waals surface area contributed by atoms with Crippen LogP contribution in [0, 0.1) is 12.3 Å². The SMILES string of the molecule is C#Cc1nc([C@@](O)(CN)C(F)(F)F)cc2c1OC[C@]2(C)C(N)=O. The molecule has 124 valence electrons. The number of nitrogens with two attached hydrogens (primary N) is 2. The molecular weight excluding hydrogens is 315 g/mol. The fraction of sp³-hybridized carbons (Fsp3) is 0.429. The Morgan fingerprint density at radius 3 is 2.65 bits per heavy atom. The molecule has 2 heterocycles. The molecule has 23 heavy (non-hydrogen) atoms. The van der Waals surface area contributed by atoms with E-state index in [-0.39, 0.29) is 23.6 Å². The molecule has 1 aromatic rings. The van der Waals surface area contributed by atoms with Crippen LogP contribution >= 0.6 is 0 Å². The molecular formula is C14H14F3N3O3. The third-order valence-corrected chi connectivity index (χ3v) is 3.94. The zero-order chi connectivity index (χ0) is 17.6. The van der Waals surface area contributed by atoms with Crippen LogP contribution in [0.3, 0.4) is 0 Å². The summed E-state index contributed by atoms with van der Waals surface area (Å²) in [5, 5.41) is 9.95. The van der Waals surface area contributed by atoms with Crippen LogP contribution in [0.15, 0.2) is 6.07 Å². The highest BCUT2D eigenvalue weighted by Crippen LogP contribution is 2.44. The number of hydrogen-bond donors (Lipinski definition) is 3. The molecule has 0 fully saturated rings. The molecule has 0 saturated carbocycles. The maximum atomic E-state index is 13.2. The van der Waals surface area contributed by atoms with Gasteiger partial charge in [-0.25, -0.2) is 4.98 Å². The highest BCUT2D eigenvalue weighted by molar-refractivity contribution is 5.88. The van der Waals surface area contributed by atoms with Crippen molar-refractivity contribution in [3.05, 3.63) is 23.0 Å². The highest BCUT2D eigenvalue weighted by Gasteiger charge is 2.56. The first-order valence-corrected chi connectivity index (χ1v) is 6.45. The molecule has 1 aliphatic heterocycles. The summed E-state index contributed by atoms with van der Waals surface area (Å²) in [5.74, 6) is 1.28. The molecule has 0 bridgehead atoms. The monoisotopic (exact) mass is 329 g/mol. The van der Waals surface area contributed by atoms with Crippen molar-refractivity contribution in [3.63, 3.8) is 0 Å². The fourth-order valence-corrected chi connectivity index (χ4v) is 2.26. The standard InChI is InChI=1S/C14H14F3N3O3/c1-3-8-10-7(12(2,6-23-10)11(19)21)4-9(20-8)13(22,5-18)14(15,16)17/h1,4,22H,5-6,18H2,2H3,(H2,19,21)/t12-,13-/m0/s1. The molecule has 0 saturated heterocycles. The van der Waals surface area contributed by atoms with Crippen molar-refractivity contribution in [1.29, 1.82) is 0 Å². The van der Waals surface area contributed by atoms with Crippen LogP contribution in [0.5, 0.6) is 5.75 Å².